The topological polar surface area (TPSA) is 535 Å². The van der Waals surface area contributed by atoms with Crippen LogP contribution in [-0.2, 0) is 122 Å². The van der Waals surface area contributed by atoms with Crippen molar-refractivity contribution in [2.45, 2.75) is 178 Å². The number of aliphatic carboxylic acids is 1. The number of H-pyrrole nitrogens is 1. The van der Waals surface area contributed by atoms with E-state index in [0.29, 0.717) is 62.7 Å². The van der Waals surface area contributed by atoms with E-state index in [2.05, 4.69) is 58.2 Å². The summed E-state index contributed by atoms with van der Waals surface area (Å²) in [4.78, 5) is 242. The van der Waals surface area contributed by atoms with Crippen molar-refractivity contribution in [1.82, 2.24) is 77.8 Å². The van der Waals surface area contributed by atoms with Crippen molar-refractivity contribution in [3.05, 3.63) is 203 Å². The van der Waals surface area contributed by atoms with Gasteiger partial charge in [0.15, 0.2) is 0 Å². The molecule has 1 fully saturated rings. The highest BCUT2D eigenvalue weighted by Crippen LogP contribution is 2.24. The lowest BCUT2D eigenvalue weighted by Crippen LogP contribution is -2.61. The number of primary amides is 1. The first-order valence-corrected chi connectivity index (χ1v) is 44.1. The number of aromatic nitrogens is 1. The van der Waals surface area contributed by atoms with Crippen LogP contribution in [0.4, 0.5) is 0 Å². The molecule has 130 heavy (non-hydrogen) atoms. The van der Waals surface area contributed by atoms with Gasteiger partial charge < -0.3 is 105 Å². The number of fused-ring (bicyclic) bond motifs is 1. The number of phenolic OH excluding ortho intramolecular Hbond substituents is 2. The van der Waals surface area contributed by atoms with Gasteiger partial charge in [-0.2, -0.15) is 0 Å². The number of carbonyl (C=O) groups excluding carboxylic acids is 15. The highest BCUT2D eigenvalue weighted by atomic mass is 32.2. The number of phenols is 2. The molecule has 1 saturated heterocycles. The summed E-state index contributed by atoms with van der Waals surface area (Å²) < 4.78 is 0. The summed E-state index contributed by atoms with van der Waals surface area (Å²) in [5.41, 5.74) is 15.7. The van der Waals surface area contributed by atoms with Crippen LogP contribution in [0.25, 0.3) is 10.9 Å². The molecule has 1 aliphatic rings. The Morgan fingerprint density at radius 2 is 0.908 bits per heavy atom. The number of carboxylic acids is 1. The zero-order valence-electron chi connectivity index (χ0n) is 74.3. The van der Waals surface area contributed by atoms with E-state index in [4.69, 9.17) is 11.5 Å². The molecule has 0 saturated carbocycles. The molecule has 1 aliphatic heterocycles. The first-order chi connectivity index (χ1) is 61.9. The smallest absolute Gasteiger partial charge is 0.305 e. The zero-order valence-corrected chi connectivity index (χ0v) is 75.2. The number of nitrogens with zero attached hydrogens (tertiary/aromatic N) is 4. The van der Waals surface area contributed by atoms with E-state index in [1.165, 1.54) is 95.5 Å². The molecule has 2 heterocycles. The van der Waals surface area contributed by atoms with Crippen molar-refractivity contribution in [3.8, 4) is 11.5 Å². The lowest BCUT2D eigenvalue weighted by Gasteiger charge is -2.37. The second-order valence-electron chi connectivity index (χ2n) is 33.2. The number of thioether (sulfide) groups is 1. The Hall–Kier alpha value is -13.7. The molecule has 7 aromatic rings. The summed E-state index contributed by atoms with van der Waals surface area (Å²) in [7, 11) is 5.23. The molecular weight excluding hydrogens is 1690 g/mol. The van der Waals surface area contributed by atoms with Crippen LogP contribution in [0.5, 0.6) is 11.5 Å². The molecule has 6 aromatic carbocycles. The molecular formula is C93H119N17O19S. The van der Waals surface area contributed by atoms with Gasteiger partial charge in [-0.3, -0.25) is 76.7 Å². The molecule has 0 spiro atoms. The fourth-order valence-electron chi connectivity index (χ4n) is 14.9. The number of carbonyl (C=O) groups is 16. The van der Waals surface area contributed by atoms with Crippen LogP contribution in [0.15, 0.2) is 164 Å². The van der Waals surface area contributed by atoms with Gasteiger partial charge in [-0.05, 0) is 94.0 Å². The average Bonchev–Trinajstić information content (AvgIpc) is 1.31. The maximum Gasteiger partial charge on any atom is 0.305 e. The van der Waals surface area contributed by atoms with Crippen LogP contribution >= 0.6 is 11.8 Å². The lowest BCUT2D eigenvalue weighted by molar-refractivity contribution is -0.151. The number of hydrogen-bond acceptors (Lipinski definition) is 20. The van der Waals surface area contributed by atoms with Gasteiger partial charge >= 0.3 is 5.97 Å². The summed E-state index contributed by atoms with van der Waals surface area (Å²) in [6.07, 6.45) is -0.0407. The molecule has 0 unspecified atom stereocenters. The van der Waals surface area contributed by atoms with E-state index in [-0.39, 0.29) is 81.1 Å². The van der Waals surface area contributed by atoms with E-state index in [1.54, 1.807) is 129 Å². The SMILES string of the molecule is CCCC[C@H]1C(=O)N(C)CC(=O)N[C@@H](CC(=O)O)C(=O)N[C@@H](C(C)C)C(=O)N[C@@H](Cc2ccc(CN)cc2)C(=O)N[C@@H](Cc2ccc(O)cc2)C(=O)N(C)CC(=O)N[C@@H](Cc2c[nH]c3ccccc23)C(=O)N[C@@H](Cc2ccc(O)cc2)C(=O)N[C@@H](CC(C)C)C(=O)N[C@H](C(=O)NCC(N)=O)CSCC(=O)N[C@@H](Cc2ccccc2)C(=O)N(C)[C@@H](Cc2ccccc2)C(=O)N1C. The van der Waals surface area contributed by atoms with E-state index in [9.17, 15) is 63.3 Å². The van der Waals surface area contributed by atoms with Gasteiger partial charge in [0.25, 0.3) is 0 Å². The van der Waals surface area contributed by atoms with Crippen LogP contribution in [0, 0.1) is 11.8 Å². The number of nitrogens with two attached hydrogens (primary N) is 2. The Kier molecular flexibility index (Phi) is 38.8. The molecule has 18 N–H and O–H groups in total. The third-order valence-electron chi connectivity index (χ3n) is 22.0. The maximum absolute atomic E-state index is 15.5. The molecule has 0 aliphatic carbocycles. The molecule has 36 nitrogen and oxygen atoms in total. The number of aromatic hydroxyl groups is 2. The Morgan fingerprint density at radius 3 is 1.44 bits per heavy atom. The summed E-state index contributed by atoms with van der Waals surface area (Å²) in [5, 5.41) is 58.1. The number of nitrogens with one attached hydrogen (secondary N) is 11. The van der Waals surface area contributed by atoms with Gasteiger partial charge in [0.2, 0.25) is 88.6 Å². The number of carboxylic acid groups (broad SMARTS) is 1. The minimum Gasteiger partial charge on any atom is -0.508 e. The molecule has 0 bridgehead atoms. The summed E-state index contributed by atoms with van der Waals surface area (Å²) >= 11 is 0.826. The Morgan fingerprint density at radius 1 is 0.469 bits per heavy atom. The highest BCUT2D eigenvalue weighted by molar-refractivity contribution is 8.00. The molecule has 37 heteroatoms. The zero-order chi connectivity index (χ0) is 95.0. The Bertz CT molecular complexity index is 5100. The van der Waals surface area contributed by atoms with Gasteiger partial charge in [-0.25, -0.2) is 0 Å². The summed E-state index contributed by atoms with van der Waals surface area (Å²) in [5.74, 6) is -17.7. The van der Waals surface area contributed by atoms with Gasteiger partial charge in [-0.15, -0.1) is 11.8 Å². The largest absolute Gasteiger partial charge is 0.508 e. The lowest BCUT2D eigenvalue weighted by atomic mass is 9.99. The predicted octanol–water partition coefficient (Wildman–Crippen LogP) is 1.44. The van der Waals surface area contributed by atoms with E-state index >= 15 is 28.8 Å². The number of likely N-dealkylation sites (N-methyl/N-ethyl adjacent to an activating group) is 4. The minimum absolute atomic E-state index is 0.0247. The predicted molar refractivity (Wildman–Crippen MR) is 485 cm³/mol. The van der Waals surface area contributed by atoms with Gasteiger partial charge in [0.05, 0.1) is 31.8 Å². The molecule has 11 atom stereocenters. The second kappa shape index (κ2) is 49.6. The van der Waals surface area contributed by atoms with Crippen molar-refractivity contribution < 1.29 is 92.0 Å². The first kappa shape index (κ1) is 102. The second-order valence-corrected chi connectivity index (χ2v) is 34.2. The fraction of sp³-hybridized carbons (Fsp3) is 0.419. The quantitative estimate of drug-likeness (QED) is 0.0407. The Balaban J connectivity index is 1.21. The number of amides is 15. The van der Waals surface area contributed by atoms with Crippen molar-refractivity contribution in [3.63, 3.8) is 0 Å². The molecule has 696 valence electrons. The monoisotopic (exact) mass is 1810 g/mol. The standard InChI is InChI=1S/C93H119N17O19S/c1-10-11-26-75-92(128)108(7)51-79(115)99-71(46-81(117)118)88(124)106-82(55(4)5)89(125)103-69(40-58-27-29-61(47-94)30-28-58)86(122)104-72(43-60-33-37-64(112)38-34-60)90(126)107(6)50-78(114)98-70(45-62-48-96-66-25-19-18-24-65(62)66)87(123)102-68(41-59-31-35-63(111)36-32-59)85(121)101-67(39-54(2)3)84(120)105-74(83(119)97-49-77(95)113)52-130-53-80(116)100-73(42-56-20-14-12-15-21-56)91(127)110(9)76(93(129)109(75)8)44-57-22-16-13-17-23-57/h12-25,27-38,48,54-55,67-76,82,96,111-112H,10-11,26,39-47,49-53,94H2,1-9H3,(H2,95,113)(H,97,119)(H,98,114)(H,99,115)(H,100,116)(H,101,121)(H,102,123)(H,103,125)(H,104,122)(H,105,120)(H,106,124)(H,117,118)/t67-,68-,69-,70-,71-,72-,73-,74-,75-,76-,82-/m0/s1. The highest BCUT2D eigenvalue weighted by Gasteiger charge is 2.42. The maximum atomic E-state index is 15.5. The fourth-order valence-corrected chi connectivity index (χ4v) is 15.7. The number of benzene rings is 6. The molecule has 8 rings (SSSR count). The third-order valence-corrected chi connectivity index (χ3v) is 23.1. The third kappa shape index (κ3) is 31.1. The Labute approximate surface area is 758 Å². The van der Waals surface area contributed by atoms with Crippen molar-refractivity contribution in [1.29, 1.82) is 0 Å². The number of hydrogen-bond donors (Lipinski definition) is 16. The number of aromatic amines is 1. The van der Waals surface area contributed by atoms with Crippen LogP contribution in [0.1, 0.15) is 106 Å². The van der Waals surface area contributed by atoms with Crippen molar-refractivity contribution in [2.24, 2.45) is 23.3 Å². The summed E-state index contributed by atoms with van der Waals surface area (Å²) in [6, 6.07) is 25.2. The first-order valence-electron chi connectivity index (χ1n) is 42.9. The van der Waals surface area contributed by atoms with E-state index < -0.39 is 199 Å². The van der Waals surface area contributed by atoms with Crippen LogP contribution in [0.2, 0.25) is 0 Å². The minimum atomic E-state index is -1.92. The number of unbranched alkanes of at least 4 members (excludes halogenated alkanes) is 1. The molecule has 0 radical (unpaired) electrons. The van der Waals surface area contributed by atoms with Gasteiger partial charge in [-0.1, -0.05) is 175 Å². The summed E-state index contributed by atoms with van der Waals surface area (Å²) in [6.45, 7) is 6.23. The van der Waals surface area contributed by atoms with Crippen molar-refractivity contribution >= 4 is 117 Å². The average molecular weight is 1810 g/mol. The normalized spacial score (nSPS) is 21.8. The van der Waals surface area contributed by atoms with Crippen LogP contribution in [-0.4, -0.2) is 260 Å². The van der Waals surface area contributed by atoms with Gasteiger partial charge in [0, 0.05) is 96.1 Å². The van der Waals surface area contributed by atoms with Gasteiger partial charge in [0.1, 0.15) is 78.0 Å². The number of rotatable bonds is 24. The van der Waals surface area contributed by atoms with Crippen molar-refractivity contribution in [2.75, 3.05) is 59.3 Å². The molecule has 1 aromatic heterocycles. The van der Waals surface area contributed by atoms with Crippen LogP contribution < -0.4 is 64.6 Å². The number of para-hydroxylation sites is 1. The molecule has 15 amide bonds. The van der Waals surface area contributed by atoms with E-state index in [1.807, 2.05) is 6.92 Å². The van der Waals surface area contributed by atoms with Crippen LogP contribution in [0.3, 0.4) is 0 Å². The van der Waals surface area contributed by atoms with E-state index in [0.717, 1.165) is 26.5 Å².